The molecule has 0 spiro atoms. The van der Waals surface area contributed by atoms with Crippen molar-refractivity contribution in [1.29, 1.82) is 0 Å². The van der Waals surface area contributed by atoms with Crippen molar-refractivity contribution in [2.75, 3.05) is 12.3 Å². The monoisotopic (exact) mass is 259 g/mol. The Bertz CT molecular complexity index is 676. The van der Waals surface area contributed by atoms with Crippen molar-refractivity contribution in [3.63, 3.8) is 0 Å². The number of aromatic nitrogens is 4. The number of ether oxygens (including phenoxy) is 1. The second-order valence-electron chi connectivity index (χ2n) is 4.30. The van der Waals surface area contributed by atoms with Gasteiger partial charge in [0.15, 0.2) is 17.0 Å². The highest BCUT2D eigenvalue weighted by molar-refractivity contribution is 5.85. The van der Waals surface area contributed by atoms with Gasteiger partial charge in [0.1, 0.15) is 12.7 Å². The maximum absolute atomic E-state index is 11.5. The van der Waals surface area contributed by atoms with Crippen molar-refractivity contribution in [1.82, 2.24) is 19.5 Å². The first-order valence-corrected chi connectivity index (χ1v) is 6.01. The molecule has 0 bridgehead atoms. The van der Waals surface area contributed by atoms with Gasteiger partial charge in [0.25, 0.3) is 0 Å². The van der Waals surface area contributed by atoms with E-state index in [-0.39, 0.29) is 11.9 Å². The van der Waals surface area contributed by atoms with Crippen LogP contribution in [0, 0.1) is 5.92 Å². The van der Waals surface area contributed by atoms with Gasteiger partial charge in [0.2, 0.25) is 0 Å². The first-order chi connectivity index (χ1) is 9.20. The molecule has 0 aromatic carbocycles. The van der Waals surface area contributed by atoms with E-state index in [1.807, 2.05) is 6.20 Å². The van der Waals surface area contributed by atoms with Gasteiger partial charge in [-0.2, -0.15) is 0 Å². The number of hydrogen-bond donors (Lipinski definition) is 1. The topological polar surface area (TPSA) is 95.9 Å². The van der Waals surface area contributed by atoms with Gasteiger partial charge in [-0.25, -0.2) is 15.0 Å². The van der Waals surface area contributed by atoms with E-state index < -0.39 is 0 Å². The van der Waals surface area contributed by atoms with Crippen LogP contribution in [0.15, 0.2) is 18.2 Å². The largest absolute Gasteiger partial charge is 0.466 e. The van der Waals surface area contributed by atoms with Gasteiger partial charge in [0.05, 0.1) is 12.5 Å². The first kappa shape index (κ1) is 11.6. The molecule has 2 aromatic rings. The van der Waals surface area contributed by atoms with Crippen molar-refractivity contribution in [2.45, 2.75) is 13.3 Å². The molecule has 2 N–H and O–H groups in total. The van der Waals surface area contributed by atoms with Crippen molar-refractivity contribution in [2.24, 2.45) is 5.92 Å². The summed E-state index contributed by atoms with van der Waals surface area (Å²) in [6.07, 6.45) is 5.58. The number of nitrogen functional groups attached to an aromatic ring is 1. The lowest BCUT2D eigenvalue weighted by molar-refractivity contribution is -0.144. The quantitative estimate of drug-likeness (QED) is 0.820. The summed E-state index contributed by atoms with van der Waals surface area (Å²) in [6.45, 7) is 2.20. The lowest BCUT2D eigenvalue weighted by atomic mass is 10.4. The summed E-state index contributed by atoms with van der Waals surface area (Å²) in [5, 5.41) is 0. The van der Waals surface area contributed by atoms with E-state index in [0.29, 0.717) is 23.6 Å². The van der Waals surface area contributed by atoms with Gasteiger partial charge < -0.3 is 10.5 Å². The van der Waals surface area contributed by atoms with E-state index in [1.165, 1.54) is 6.33 Å². The van der Waals surface area contributed by atoms with Crippen molar-refractivity contribution < 1.29 is 9.53 Å². The first-order valence-electron chi connectivity index (χ1n) is 6.01. The molecule has 1 saturated carbocycles. The number of carbonyl (C=O) groups is 1. The normalized spacial score (nSPS) is 19.8. The maximum Gasteiger partial charge on any atom is 0.313 e. The summed E-state index contributed by atoms with van der Waals surface area (Å²) in [5.41, 5.74) is 7.91. The Morgan fingerprint density at radius 1 is 1.58 bits per heavy atom. The van der Waals surface area contributed by atoms with Crippen LogP contribution in [0.4, 0.5) is 5.82 Å². The SMILES string of the molecule is CCOC(=O)C1CC1=Cn1cnc2c(N)ncnc21. The number of nitrogens with zero attached hydrogens (tertiary/aromatic N) is 4. The zero-order valence-electron chi connectivity index (χ0n) is 10.4. The van der Waals surface area contributed by atoms with E-state index in [4.69, 9.17) is 10.5 Å². The molecule has 19 heavy (non-hydrogen) atoms. The summed E-state index contributed by atoms with van der Waals surface area (Å²) in [7, 11) is 0. The number of carbonyl (C=O) groups excluding carboxylic acids is 1. The Kier molecular flexibility index (Phi) is 2.66. The number of fused-ring (bicyclic) bond motifs is 1. The summed E-state index contributed by atoms with van der Waals surface area (Å²) < 4.78 is 6.72. The van der Waals surface area contributed by atoms with Crippen LogP contribution in [0.5, 0.6) is 0 Å². The Morgan fingerprint density at radius 3 is 3.21 bits per heavy atom. The molecule has 0 saturated heterocycles. The van der Waals surface area contributed by atoms with Crippen molar-refractivity contribution >= 4 is 29.2 Å². The minimum Gasteiger partial charge on any atom is -0.466 e. The zero-order valence-corrected chi connectivity index (χ0v) is 10.4. The molecule has 2 aromatic heterocycles. The molecular weight excluding hydrogens is 246 g/mol. The summed E-state index contributed by atoms with van der Waals surface area (Å²) >= 11 is 0. The molecule has 1 fully saturated rings. The molecule has 2 heterocycles. The number of nitrogens with two attached hydrogens (primary N) is 1. The number of imidazole rings is 1. The molecule has 7 heteroatoms. The van der Waals surface area contributed by atoms with Crippen LogP contribution in [0.2, 0.25) is 0 Å². The molecular formula is C12H13N5O2. The summed E-state index contributed by atoms with van der Waals surface area (Å²) in [5.74, 6) is 0.0452. The van der Waals surface area contributed by atoms with E-state index in [1.54, 1.807) is 17.8 Å². The number of rotatable bonds is 3. The minimum absolute atomic E-state index is 0.128. The average Bonchev–Trinajstić information content (AvgIpc) is 3.03. The van der Waals surface area contributed by atoms with Crippen molar-refractivity contribution in [3.05, 3.63) is 18.2 Å². The zero-order chi connectivity index (χ0) is 13.4. The highest BCUT2D eigenvalue weighted by Gasteiger charge is 2.38. The van der Waals surface area contributed by atoms with Gasteiger partial charge in [-0.15, -0.1) is 0 Å². The Balaban J connectivity index is 1.88. The van der Waals surface area contributed by atoms with Gasteiger partial charge in [0, 0.05) is 6.20 Å². The van der Waals surface area contributed by atoms with Crippen LogP contribution in [-0.4, -0.2) is 32.1 Å². The second-order valence-corrected chi connectivity index (χ2v) is 4.30. The molecule has 0 amide bonds. The second kappa shape index (κ2) is 4.34. The molecule has 1 aliphatic rings. The molecule has 0 radical (unpaired) electrons. The van der Waals surface area contributed by atoms with Crippen LogP contribution >= 0.6 is 0 Å². The molecule has 1 atom stereocenters. The van der Waals surface area contributed by atoms with E-state index in [0.717, 1.165) is 12.0 Å². The predicted molar refractivity (Wildman–Crippen MR) is 68.7 cm³/mol. The lowest BCUT2D eigenvalue weighted by Gasteiger charge is -1.97. The average molecular weight is 259 g/mol. The third kappa shape index (κ3) is 2.03. The summed E-state index contributed by atoms with van der Waals surface area (Å²) in [4.78, 5) is 23.7. The molecule has 98 valence electrons. The predicted octanol–water partition coefficient (Wildman–Crippen LogP) is 0.832. The van der Waals surface area contributed by atoms with Gasteiger partial charge >= 0.3 is 5.97 Å². The fourth-order valence-electron chi connectivity index (χ4n) is 1.94. The van der Waals surface area contributed by atoms with Crippen LogP contribution in [0.25, 0.3) is 17.4 Å². The van der Waals surface area contributed by atoms with Crippen LogP contribution < -0.4 is 5.73 Å². The smallest absolute Gasteiger partial charge is 0.313 e. The van der Waals surface area contributed by atoms with Crippen LogP contribution in [0.1, 0.15) is 13.3 Å². The van der Waals surface area contributed by atoms with Crippen LogP contribution in [-0.2, 0) is 9.53 Å². The minimum atomic E-state index is -0.174. The lowest BCUT2D eigenvalue weighted by Crippen LogP contribution is -2.05. The third-order valence-electron chi connectivity index (χ3n) is 2.99. The molecule has 7 nitrogen and oxygen atoms in total. The number of esters is 1. The Labute approximate surface area is 109 Å². The van der Waals surface area contributed by atoms with Crippen molar-refractivity contribution in [3.8, 4) is 0 Å². The molecule has 1 unspecified atom stereocenters. The highest BCUT2D eigenvalue weighted by atomic mass is 16.5. The highest BCUT2D eigenvalue weighted by Crippen LogP contribution is 2.39. The van der Waals surface area contributed by atoms with E-state index >= 15 is 0 Å². The third-order valence-corrected chi connectivity index (χ3v) is 2.99. The Hall–Kier alpha value is -2.44. The maximum atomic E-state index is 11.5. The molecule has 1 aliphatic carbocycles. The van der Waals surface area contributed by atoms with Gasteiger partial charge in [-0.3, -0.25) is 9.36 Å². The molecule has 0 aliphatic heterocycles. The molecule has 3 rings (SSSR count). The number of hydrogen-bond acceptors (Lipinski definition) is 6. The van der Waals surface area contributed by atoms with Gasteiger partial charge in [-0.05, 0) is 18.9 Å². The van der Waals surface area contributed by atoms with E-state index in [9.17, 15) is 4.79 Å². The van der Waals surface area contributed by atoms with E-state index in [2.05, 4.69) is 15.0 Å². The van der Waals surface area contributed by atoms with Crippen LogP contribution in [0.3, 0.4) is 0 Å². The summed E-state index contributed by atoms with van der Waals surface area (Å²) in [6, 6.07) is 0. The standard InChI is InChI=1S/C12H13N5O2/c1-2-19-12(18)8-3-7(8)4-17-6-16-9-10(13)14-5-15-11(9)17/h4-6,8H,2-3H2,1H3,(H2,13,14,15). The Morgan fingerprint density at radius 2 is 2.42 bits per heavy atom. The fraction of sp³-hybridized carbons (Fsp3) is 0.333. The fourth-order valence-corrected chi connectivity index (χ4v) is 1.94. The number of anilines is 1. The van der Waals surface area contributed by atoms with Gasteiger partial charge in [-0.1, -0.05) is 0 Å².